The Morgan fingerprint density at radius 3 is 2.02 bits per heavy atom. The van der Waals surface area contributed by atoms with E-state index in [1.165, 1.54) is 0 Å². The molecule has 0 spiro atoms. The number of aldehydes is 1. The van der Waals surface area contributed by atoms with E-state index >= 15 is 0 Å². The van der Waals surface area contributed by atoms with Crippen LogP contribution >= 0.6 is 0 Å². The minimum atomic E-state index is -3.87. The van der Waals surface area contributed by atoms with Crippen molar-refractivity contribution in [3.63, 3.8) is 0 Å². The van der Waals surface area contributed by atoms with Gasteiger partial charge >= 0.3 is 0 Å². The van der Waals surface area contributed by atoms with E-state index in [1.54, 1.807) is 33.5 Å². The smallest absolute Gasteiger partial charge is 0.203 e. The number of carbonyl (C=O) groups is 1. The van der Waals surface area contributed by atoms with Gasteiger partial charge in [-0.05, 0) is 60.2 Å². The van der Waals surface area contributed by atoms with Gasteiger partial charge in [-0.2, -0.15) is 0 Å². The number of carbonyl (C=O) groups excluding carboxylic acids is 1. The Bertz CT molecular complexity index is 1430. The first-order valence-electron chi connectivity index (χ1n) is 13.9. The first-order chi connectivity index (χ1) is 20.3. The lowest BCUT2D eigenvalue weighted by Crippen LogP contribution is -2.13. The van der Waals surface area contributed by atoms with Gasteiger partial charge in [0.1, 0.15) is 17.8 Å². The molecule has 3 aromatic carbocycles. The summed E-state index contributed by atoms with van der Waals surface area (Å²) in [5, 5.41) is 0. The highest BCUT2D eigenvalue weighted by molar-refractivity contribution is 7.91. The van der Waals surface area contributed by atoms with Crippen molar-refractivity contribution in [2.24, 2.45) is 0 Å². The molecule has 2 atom stereocenters. The molecule has 10 heteroatoms. The summed E-state index contributed by atoms with van der Waals surface area (Å²) in [6.07, 6.45) is 1.78. The maximum atomic E-state index is 13.5. The van der Waals surface area contributed by atoms with Gasteiger partial charge in [-0.25, -0.2) is 8.42 Å². The van der Waals surface area contributed by atoms with Crippen molar-refractivity contribution in [2.45, 2.75) is 56.3 Å². The molecule has 0 saturated carbocycles. The molecule has 0 bridgehead atoms. The molecule has 42 heavy (non-hydrogen) atoms. The van der Waals surface area contributed by atoms with Crippen LogP contribution in [0, 0.1) is 0 Å². The molecule has 226 valence electrons. The summed E-state index contributed by atoms with van der Waals surface area (Å²) in [5.74, 6) is 1.68. The molecule has 3 aromatic rings. The second-order valence-electron chi connectivity index (χ2n) is 9.89. The van der Waals surface area contributed by atoms with Gasteiger partial charge in [-0.1, -0.05) is 37.3 Å². The van der Waals surface area contributed by atoms with Crippen LogP contribution in [0.5, 0.6) is 28.7 Å². The Morgan fingerprint density at radius 1 is 0.833 bits per heavy atom. The van der Waals surface area contributed by atoms with E-state index in [-0.39, 0.29) is 35.5 Å². The van der Waals surface area contributed by atoms with Gasteiger partial charge in [0.15, 0.2) is 32.8 Å². The van der Waals surface area contributed by atoms with Crippen molar-refractivity contribution >= 4 is 16.1 Å². The van der Waals surface area contributed by atoms with E-state index in [0.29, 0.717) is 60.7 Å². The van der Waals surface area contributed by atoms with Crippen molar-refractivity contribution in [3.8, 4) is 28.7 Å². The first kappa shape index (κ1) is 31.2. The quantitative estimate of drug-likeness (QED) is 0.194. The Balaban J connectivity index is 1.73. The zero-order valence-electron chi connectivity index (χ0n) is 24.5. The first-order valence-corrected chi connectivity index (χ1v) is 15.6. The third-order valence-corrected chi connectivity index (χ3v) is 8.77. The van der Waals surface area contributed by atoms with E-state index in [0.717, 1.165) is 11.1 Å². The van der Waals surface area contributed by atoms with Crippen LogP contribution in [0.1, 0.15) is 61.5 Å². The number of hydrogen-bond acceptors (Lipinski definition) is 9. The minimum absolute atomic E-state index is 0.00167. The Hall–Kier alpha value is -3.76. The fourth-order valence-electron chi connectivity index (χ4n) is 4.93. The Morgan fingerprint density at radius 2 is 1.45 bits per heavy atom. The molecule has 1 saturated heterocycles. The number of sulfone groups is 1. The molecule has 1 fully saturated rings. The zero-order chi connectivity index (χ0) is 30.1. The van der Waals surface area contributed by atoms with Crippen LogP contribution in [0.2, 0.25) is 0 Å². The van der Waals surface area contributed by atoms with Crippen molar-refractivity contribution in [2.75, 3.05) is 33.7 Å². The molecular formula is C32H38O9S. The summed E-state index contributed by atoms with van der Waals surface area (Å²) in [6.45, 7) is 2.47. The minimum Gasteiger partial charge on any atom is -0.493 e. The predicted octanol–water partition coefficient (Wildman–Crippen LogP) is 6.04. The highest BCUT2D eigenvalue weighted by Crippen LogP contribution is 2.48. The number of benzene rings is 3. The zero-order valence-corrected chi connectivity index (χ0v) is 25.3. The highest BCUT2D eigenvalue weighted by Gasteiger charge is 2.33. The molecule has 0 aliphatic carbocycles. The predicted molar refractivity (Wildman–Crippen MR) is 158 cm³/mol. The van der Waals surface area contributed by atoms with Crippen LogP contribution in [0.3, 0.4) is 0 Å². The van der Waals surface area contributed by atoms with Gasteiger partial charge in [-0.3, -0.25) is 0 Å². The molecule has 0 N–H and O–H groups in total. The maximum absolute atomic E-state index is 13.5. The fraction of sp³-hybridized carbons (Fsp3) is 0.406. The van der Waals surface area contributed by atoms with Crippen LogP contribution in [0.15, 0.2) is 59.5 Å². The van der Waals surface area contributed by atoms with E-state index in [9.17, 15) is 13.2 Å². The van der Waals surface area contributed by atoms with Crippen LogP contribution in [-0.2, 0) is 26.0 Å². The van der Waals surface area contributed by atoms with Gasteiger partial charge in [0.25, 0.3) is 0 Å². The molecule has 9 nitrogen and oxygen atoms in total. The van der Waals surface area contributed by atoms with Crippen molar-refractivity contribution in [3.05, 3.63) is 71.3 Å². The summed E-state index contributed by atoms with van der Waals surface area (Å²) in [7, 11) is 0.800. The average Bonchev–Trinajstić information content (AvgIpc) is 3.52. The molecule has 4 rings (SSSR count). The molecule has 0 amide bonds. The topological polar surface area (TPSA) is 107 Å². The highest BCUT2D eigenvalue weighted by atomic mass is 32.2. The normalized spacial score (nSPS) is 16.6. The van der Waals surface area contributed by atoms with E-state index in [4.69, 9.17) is 28.4 Å². The molecular weight excluding hydrogens is 560 g/mol. The molecule has 0 radical (unpaired) electrons. The number of ether oxygens (including phenoxy) is 6. The third kappa shape index (κ3) is 7.17. The molecule has 0 unspecified atom stereocenters. The van der Waals surface area contributed by atoms with E-state index in [1.807, 2.05) is 49.4 Å². The SMILES string of the molecule is CCCOc1c(OCc2ccccc2)cc([C@H]2CC[C@H](c3cc(OC)c(OC)c(OC)c3)O2)cc1S(=O)(=O)CCC=O. The molecule has 1 aliphatic rings. The van der Waals surface area contributed by atoms with Gasteiger partial charge in [0.2, 0.25) is 5.75 Å². The average molecular weight is 599 g/mol. The van der Waals surface area contributed by atoms with Crippen LogP contribution in [0.4, 0.5) is 0 Å². The molecule has 1 heterocycles. The van der Waals surface area contributed by atoms with Crippen molar-refractivity contribution in [1.29, 1.82) is 0 Å². The molecule has 0 aromatic heterocycles. The van der Waals surface area contributed by atoms with Crippen molar-refractivity contribution < 1.29 is 41.6 Å². The second kappa shape index (κ2) is 14.4. The van der Waals surface area contributed by atoms with Gasteiger partial charge in [0.05, 0.1) is 45.9 Å². The summed E-state index contributed by atoms with van der Waals surface area (Å²) in [4.78, 5) is 11.1. The van der Waals surface area contributed by atoms with Crippen LogP contribution in [0.25, 0.3) is 0 Å². The van der Waals surface area contributed by atoms with Gasteiger partial charge in [-0.15, -0.1) is 0 Å². The standard InChI is InChI=1S/C32H38O9S/c1-5-15-39-32-29(40-21-22-10-7-6-8-11-22)19-24(20-30(32)42(34,35)16-9-14-33)26-13-12-25(41-26)23-17-27(36-2)31(38-4)28(18-23)37-3/h6-8,10-11,14,17-20,25-26H,5,9,12-13,15-16,21H2,1-4H3/t25-,26-/m1/s1. The van der Waals surface area contributed by atoms with Crippen molar-refractivity contribution in [1.82, 2.24) is 0 Å². The Labute approximate surface area is 247 Å². The monoisotopic (exact) mass is 598 g/mol. The van der Waals surface area contributed by atoms with E-state index in [2.05, 4.69) is 0 Å². The summed E-state index contributed by atoms with van der Waals surface area (Å²) < 4.78 is 62.1. The number of methoxy groups -OCH3 is 3. The van der Waals surface area contributed by atoms with Crippen LogP contribution < -0.4 is 23.7 Å². The lowest BCUT2D eigenvalue weighted by molar-refractivity contribution is -0.107. The summed E-state index contributed by atoms with van der Waals surface area (Å²) in [5.41, 5.74) is 2.44. The van der Waals surface area contributed by atoms with E-state index < -0.39 is 15.9 Å². The number of rotatable bonds is 15. The van der Waals surface area contributed by atoms with Crippen LogP contribution in [-0.4, -0.2) is 48.4 Å². The molecule has 1 aliphatic heterocycles. The Kier molecular flexibility index (Phi) is 10.7. The summed E-state index contributed by atoms with van der Waals surface area (Å²) >= 11 is 0. The lowest BCUT2D eigenvalue weighted by Gasteiger charge is -2.21. The lowest BCUT2D eigenvalue weighted by atomic mass is 10.0. The summed E-state index contributed by atoms with van der Waals surface area (Å²) in [6, 6.07) is 16.7. The third-order valence-electron chi connectivity index (χ3n) is 7.02. The second-order valence-corrected chi connectivity index (χ2v) is 12.0. The van der Waals surface area contributed by atoms with Gasteiger partial charge < -0.3 is 33.2 Å². The largest absolute Gasteiger partial charge is 0.493 e. The maximum Gasteiger partial charge on any atom is 0.203 e. The van der Waals surface area contributed by atoms with Gasteiger partial charge in [0, 0.05) is 6.42 Å². The fourth-order valence-corrected chi connectivity index (χ4v) is 6.31. The number of hydrogen-bond donors (Lipinski definition) is 0.